The topological polar surface area (TPSA) is 37.9 Å². The molecule has 0 aliphatic carbocycles. The van der Waals surface area contributed by atoms with Gasteiger partial charge in [0.15, 0.2) is 5.65 Å². The van der Waals surface area contributed by atoms with Gasteiger partial charge in [0.05, 0.1) is 38.9 Å². The molecule has 5 heteroatoms. The molecular weight excluding hydrogens is 310 g/mol. The predicted molar refractivity (Wildman–Crippen MR) is 101 cm³/mol. The number of nitrogens with one attached hydrogen (secondary N) is 1. The van der Waals surface area contributed by atoms with Gasteiger partial charge in [0.2, 0.25) is 0 Å². The van der Waals surface area contributed by atoms with Gasteiger partial charge in [0.1, 0.15) is 5.82 Å². The number of hydrogen-bond donors (Lipinski definition) is 1. The number of aromatic nitrogens is 3. The molecule has 0 atom stereocenters. The Balaban J connectivity index is 1.90. The zero-order valence-corrected chi connectivity index (χ0v) is 15.3. The third-order valence-electron chi connectivity index (χ3n) is 5.11. The van der Waals surface area contributed by atoms with Gasteiger partial charge < -0.3 is 9.80 Å². The fourth-order valence-corrected chi connectivity index (χ4v) is 3.65. The van der Waals surface area contributed by atoms with E-state index in [4.69, 9.17) is 10.1 Å². The van der Waals surface area contributed by atoms with Crippen LogP contribution in [0.25, 0.3) is 16.8 Å². The van der Waals surface area contributed by atoms with Crippen LogP contribution in [0.15, 0.2) is 36.4 Å². The van der Waals surface area contributed by atoms with Gasteiger partial charge in [-0.1, -0.05) is 37.3 Å². The van der Waals surface area contributed by atoms with Crippen LogP contribution in [-0.2, 0) is 6.42 Å². The van der Waals surface area contributed by atoms with Crippen LogP contribution in [0.1, 0.15) is 18.3 Å². The van der Waals surface area contributed by atoms with Gasteiger partial charge >= 0.3 is 0 Å². The summed E-state index contributed by atoms with van der Waals surface area (Å²) in [6.45, 7) is 8.70. The van der Waals surface area contributed by atoms with Gasteiger partial charge in [0.25, 0.3) is 0 Å². The minimum Gasteiger partial charge on any atom is -0.345 e. The molecule has 3 heterocycles. The number of piperazine rings is 1. The van der Waals surface area contributed by atoms with Gasteiger partial charge in [-0.15, -0.1) is 0 Å². The Bertz CT molecular complexity index is 876. The number of rotatable bonds is 3. The fourth-order valence-electron chi connectivity index (χ4n) is 3.65. The average Bonchev–Trinajstić information content (AvgIpc) is 3.01. The Morgan fingerprint density at radius 3 is 2.52 bits per heavy atom. The summed E-state index contributed by atoms with van der Waals surface area (Å²) in [6, 6.07) is 12.7. The van der Waals surface area contributed by atoms with Gasteiger partial charge in [-0.05, 0) is 18.9 Å². The van der Waals surface area contributed by atoms with Crippen molar-refractivity contribution in [1.82, 2.24) is 14.6 Å². The van der Waals surface area contributed by atoms with Crippen LogP contribution in [-0.4, -0.2) is 47.8 Å². The molecule has 130 valence electrons. The highest BCUT2D eigenvalue weighted by atomic mass is 15.4. The second-order valence-electron chi connectivity index (χ2n) is 6.98. The molecule has 1 aliphatic heterocycles. The molecule has 5 nitrogen and oxygen atoms in total. The lowest BCUT2D eigenvalue weighted by Gasteiger charge is -2.31. The van der Waals surface area contributed by atoms with E-state index in [1.165, 1.54) is 16.9 Å². The molecule has 0 bridgehead atoms. The highest BCUT2D eigenvalue weighted by molar-refractivity contribution is 5.81. The molecule has 0 radical (unpaired) electrons. The van der Waals surface area contributed by atoms with E-state index < -0.39 is 0 Å². The van der Waals surface area contributed by atoms with Gasteiger partial charge in [-0.3, -0.25) is 0 Å². The Labute approximate surface area is 148 Å². The minimum absolute atomic E-state index is 0.902. The molecule has 0 spiro atoms. The van der Waals surface area contributed by atoms with E-state index in [0.717, 1.165) is 49.6 Å². The smallest absolute Gasteiger partial charge is 0.165 e. The number of anilines is 1. The van der Waals surface area contributed by atoms with Crippen molar-refractivity contribution in [3.05, 3.63) is 47.8 Å². The lowest BCUT2D eigenvalue weighted by molar-refractivity contribution is -0.880. The summed E-state index contributed by atoms with van der Waals surface area (Å²) in [6.07, 6.45) is 0.902. The Morgan fingerprint density at radius 2 is 1.84 bits per heavy atom. The first kappa shape index (κ1) is 16.1. The van der Waals surface area contributed by atoms with Crippen LogP contribution in [0.4, 0.5) is 5.82 Å². The molecule has 0 unspecified atom stereocenters. The standard InChI is InChI=1S/C20H25N5/c1-4-17-19(16-8-6-5-7-9-16)20-21-15(2)14-18(25(20)22-17)24-12-10-23(3)11-13-24/h5-9,14H,4,10-13H2,1-3H3/p+1. The van der Waals surface area contributed by atoms with Gasteiger partial charge in [0, 0.05) is 17.3 Å². The molecule has 1 fully saturated rings. The first-order valence-corrected chi connectivity index (χ1v) is 9.18. The SMILES string of the molecule is CCc1nn2c(N3CC[NH+](C)CC3)cc(C)nc2c1-c1ccccc1. The zero-order valence-electron chi connectivity index (χ0n) is 15.3. The number of nitrogens with zero attached hydrogens (tertiary/aromatic N) is 4. The quantitative estimate of drug-likeness (QED) is 0.790. The summed E-state index contributed by atoms with van der Waals surface area (Å²) in [7, 11) is 2.27. The summed E-state index contributed by atoms with van der Waals surface area (Å²) in [5.74, 6) is 1.17. The normalized spacial score (nSPS) is 15.9. The molecule has 0 amide bonds. The third-order valence-corrected chi connectivity index (χ3v) is 5.11. The van der Waals surface area contributed by atoms with Crippen molar-refractivity contribution >= 4 is 11.5 Å². The monoisotopic (exact) mass is 336 g/mol. The molecule has 1 saturated heterocycles. The van der Waals surface area contributed by atoms with Crippen molar-refractivity contribution < 1.29 is 4.90 Å². The van der Waals surface area contributed by atoms with Crippen molar-refractivity contribution in [3.8, 4) is 11.1 Å². The number of fused-ring (bicyclic) bond motifs is 1. The van der Waals surface area contributed by atoms with Gasteiger partial charge in [-0.25, -0.2) is 4.98 Å². The van der Waals surface area contributed by atoms with Crippen molar-refractivity contribution in [3.63, 3.8) is 0 Å². The summed E-state index contributed by atoms with van der Waals surface area (Å²) in [4.78, 5) is 8.91. The number of likely N-dealkylation sites (N-methyl/N-ethyl adjacent to an activating group) is 1. The lowest BCUT2D eigenvalue weighted by Crippen LogP contribution is -3.12. The Hall–Kier alpha value is -2.40. The van der Waals surface area contributed by atoms with Crippen LogP contribution in [0.2, 0.25) is 0 Å². The third kappa shape index (κ3) is 2.89. The lowest BCUT2D eigenvalue weighted by atomic mass is 10.0. The predicted octanol–water partition coefficient (Wildman–Crippen LogP) is 1.60. The van der Waals surface area contributed by atoms with E-state index in [9.17, 15) is 0 Å². The van der Waals surface area contributed by atoms with Crippen LogP contribution in [0.3, 0.4) is 0 Å². The minimum atomic E-state index is 0.902. The van der Waals surface area contributed by atoms with Crippen LogP contribution < -0.4 is 9.80 Å². The first-order chi connectivity index (χ1) is 12.2. The number of quaternary nitrogens is 1. The Morgan fingerprint density at radius 1 is 1.12 bits per heavy atom. The molecule has 4 rings (SSSR count). The molecular formula is C20H26N5+. The fraction of sp³-hybridized carbons (Fsp3) is 0.400. The van der Waals surface area contributed by atoms with E-state index in [0.29, 0.717) is 0 Å². The highest BCUT2D eigenvalue weighted by Gasteiger charge is 2.23. The van der Waals surface area contributed by atoms with Gasteiger partial charge in [-0.2, -0.15) is 9.61 Å². The average molecular weight is 336 g/mol. The molecule has 1 N–H and O–H groups in total. The van der Waals surface area contributed by atoms with Crippen molar-refractivity contribution in [1.29, 1.82) is 0 Å². The first-order valence-electron chi connectivity index (χ1n) is 9.18. The van der Waals surface area contributed by atoms with Crippen molar-refractivity contribution in [2.45, 2.75) is 20.3 Å². The van der Waals surface area contributed by atoms with Crippen molar-refractivity contribution in [2.75, 3.05) is 38.1 Å². The maximum Gasteiger partial charge on any atom is 0.165 e. The van der Waals surface area contributed by atoms with E-state index in [1.807, 2.05) is 0 Å². The number of hydrogen-bond acceptors (Lipinski definition) is 3. The van der Waals surface area contributed by atoms with Crippen LogP contribution in [0.5, 0.6) is 0 Å². The summed E-state index contributed by atoms with van der Waals surface area (Å²) >= 11 is 0. The highest BCUT2D eigenvalue weighted by Crippen LogP contribution is 2.30. The number of aryl methyl sites for hydroxylation is 2. The summed E-state index contributed by atoms with van der Waals surface area (Å²) in [5.41, 5.74) is 5.51. The maximum absolute atomic E-state index is 4.95. The largest absolute Gasteiger partial charge is 0.345 e. The van der Waals surface area contributed by atoms with E-state index in [-0.39, 0.29) is 0 Å². The molecule has 0 saturated carbocycles. The molecule has 1 aliphatic rings. The second kappa shape index (κ2) is 6.48. The van der Waals surface area contributed by atoms with E-state index in [1.54, 1.807) is 4.90 Å². The van der Waals surface area contributed by atoms with Crippen LogP contribution >= 0.6 is 0 Å². The summed E-state index contributed by atoms with van der Waals surface area (Å²) in [5, 5.41) is 4.95. The molecule has 1 aromatic carbocycles. The zero-order chi connectivity index (χ0) is 17.4. The van der Waals surface area contributed by atoms with E-state index >= 15 is 0 Å². The van der Waals surface area contributed by atoms with Crippen LogP contribution in [0, 0.1) is 6.92 Å². The molecule has 3 aromatic rings. The number of benzene rings is 1. The second-order valence-corrected chi connectivity index (χ2v) is 6.98. The molecule has 2 aromatic heterocycles. The van der Waals surface area contributed by atoms with Crippen molar-refractivity contribution in [2.24, 2.45) is 0 Å². The maximum atomic E-state index is 4.95. The van der Waals surface area contributed by atoms with E-state index in [2.05, 4.69) is 66.7 Å². The Kier molecular flexibility index (Phi) is 4.17. The molecule has 25 heavy (non-hydrogen) atoms. The summed E-state index contributed by atoms with van der Waals surface area (Å²) < 4.78 is 2.06.